The number of hydrogen-bond donors (Lipinski definition) is 2. The maximum Gasteiger partial charge on any atom is 0.229 e. The number of sulfonamides is 1. The zero-order chi connectivity index (χ0) is 12.5. The first-order valence-corrected chi connectivity index (χ1v) is 7.28. The van der Waals surface area contributed by atoms with Crippen LogP contribution >= 0.6 is 11.5 Å². The molecule has 1 aromatic carbocycles. The molecule has 0 unspecified atom stereocenters. The van der Waals surface area contributed by atoms with Crippen LogP contribution in [0.4, 0.5) is 10.8 Å². The number of nitrogens with zero attached hydrogens (tertiary/aromatic N) is 2. The number of hydrogen-bond acceptors (Lipinski definition) is 6. The average Bonchev–Trinajstić information content (AvgIpc) is 2.63. The first-order chi connectivity index (χ1) is 7.94. The highest BCUT2D eigenvalue weighted by molar-refractivity contribution is 7.92. The summed E-state index contributed by atoms with van der Waals surface area (Å²) in [4.78, 5) is 4.03. The smallest absolute Gasteiger partial charge is 0.229 e. The number of nitrogens with two attached hydrogens (primary N) is 1. The predicted octanol–water partition coefficient (Wildman–Crippen LogP) is 1.16. The minimum atomic E-state index is -3.25. The van der Waals surface area contributed by atoms with Gasteiger partial charge in [0.1, 0.15) is 0 Å². The Balaban J connectivity index is 2.24. The van der Waals surface area contributed by atoms with Gasteiger partial charge in [0.05, 0.1) is 6.26 Å². The summed E-state index contributed by atoms with van der Waals surface area (Å²) in [6, 6.07) is 6.76. The lowest BCUT2D eigenvalue weighted by molar-refractivity contribution is 0.607. The van der Waals surface area contributed by atoms with Crippen molar-refractivity contribution in [1.82, 2.24) is 9.36 Å². The van der Waals surface area contributed by atoms with Crippen LogP contribution in [0.5, 0.6) is 0 Å². The van der Waals surface area contributed by atoms with E-state index in [1.807, 2.05) is 0 Å². The fraction of sp³-hybridized carbons (Fsp3) is 0.111. The molecule has 1 heterocycles. The summed E-state index contributed by atoms with van der Waals surface area (Å²) in [6.07, 6.45) is 1.10. The molecular weight excluding hydrogens is 260 g/mol. The monoisotopic (exact) mass is 270 g/mol. The highest BCUT2D eigenvalue weighted by Gasteiger charge is 2.05. The lowest BCUT2D eigenvalue weighted by Gasteiger charge is -2.03. The van der Waals surface area contributed by atoms with Crippen LogP contribution in [0, 0.1) is 0 Å². The summed E-state index contributed by atoms with van der Waals surface area (Å²) >= 11 is 1.12. The molecule has 1 aromatic heterocycles. The molecule has 0 bridgehead atoms. The summed E-state index contributed by atoms with van der Waals surface area (Å²) < 4.78 is 28.4. The van der Waals surface area contributed by atoms with Crippen LogP contribution in [-0.2, 0) is 10.0 Å². The van der Waals surface area contributed by atoms with E-state index in [9.17, 15) is 8.42 Å². The quantitative estimate of drug-likeness (QED) is 0.872. The second-order valence-electron chi connectivity index (χ2n) is 3.41. The van der Waals surface area contributed by atoms with Crippen molar-refractivity contribution < 1.29 is 8.42 Å². The van der Waals surface area contributed by atoms with E-state index in [0.717, 1.165) is 23.4 Å². The number of nitrogens with one attached hydrogen (secondary N) is 1. The van der Waals surface area contributed by atoms with Gasteiger partial charge in [0, 0.05) is 22.8 Å². The Labute approximate surface area is 103 Å². The van der Waals surface area contributed by atoms with Crippen LogP contribution in [0.2, 0.25) is 0 Å². The van der Waals surface area contributed by atoms with Crippen molar-refractivity contribution in [3.8, 4) is 11.4 Å². The normalized spacial score (nSPS) is 11.4. The predicted molar refractivity (Wildman–Crippen MR) is 68.2 cm³/mol. The Morgan fingerprint density at radius 3 is 2.41 bits per heavy atom. The molecule has 8 heteroatoms. The van der Waals surface area contributed by atoms with Crippen molar-refractivity contribution in [3.63, 3.8) is 0 Å². The molecule has 90 valence electrons. The molecule has 0 fully saturated rings. The molecule has 0 spiro atoms. The van der Waals surface area contributed by atoms with Gasteiger partial charge in [-0.15, -0.1) is 0 Å². The molecular formula is C9H10N4O2S2. The second kappa shape index (κ2) is 4.30. The number of aromatic nitrogens is 2. The Morgan fingerprint density at radius 1 is 1.29 bits per heavy atom. The van der Waals surface area contributed by atoms with Gasteiger partial charge in [0.25, 0.3) is 0 Å². The van der Waals surface area contributed by atoms with Crippen molar-refractivity contribution >= 4 is 32.4 Å². The molecule has 2 aromatic rings. The molecule has 0 aliphatic carbocycles. The Hall–Kier alpha value is -1.67. The minimum absolute atomic E-state index is 0.401. The molecule has 0 amide bonds. The van der Waals surface area contributed by atoms with Gasteiger partial charge in [-0.3, -0.25) is 4.72 Å². The van der Waals surface area contributed by atoms with E-state index in [0.29, 0.717) is 16.6 Å². The fourth-order valence-corrected chi connectivity index (χ4v) is 2.27. The first kappa shape index (κ1) is 11.8. The van der Waals surface area contributed by atoms with Crippen LogP contribution in [0.3, 0.4) is 0 Å². The van der Waals surface area contributed by atoms with E-state index in [2.05, 4.69) is 14.1 Å². The van der Waals surface area contributed by atoms with Crippen LogP contribution in [-0.4, -0.2) is 24.0 Å². The Kier molecular flexibility index (Phi) is 2.99. The summed E-state index contributed by atoms with van der Waals surface area (Å²) in [5.41, 5.74) is 6.77. The van der Waals surface area contributed by atoms with Gasteiger partial charge >= 0.3 is 0 Å². The first-order valence-electron chi connectivity index (χ1n) is 4.61. The summed E-state index contributed by atoms with van der Waals surface area (Å²) in [5.74, 6) is 0.540. The number of rotatable bonds is 3. The second-order valence-corrected chi connectivity index (χ2v) is 5.94. The minimum Gasteiger partial charge on any atom is -0.374 e. The lowest BCUT2D eigenvalue weighted by Crippen LogP contribution is -2.09. The lowest BCUT2D eigenvalue weighted by atomic mass is 10.2. The molecule has 2 rings (SSSR count). The molecule has 0 atom stereocenters. The third-order valence-corrected chi connectivity index (χ3v) is 3.04. The summed E-state index contributed by atoms with van der Waals surface area (Å²) in [6.45, 7) is 0. The Bertz CT molecular complexity index is 619. The van der Waals surface area contributed by atoms with E-state index in [1.54, 1.807) is 24.3 Å². The van der Waals surface area contributed by atoms with Gasteiger partial charge in [-0.1, -0.05) is 0 Å². The molecule has 0 radical (unpaired) electrons. The van der Waals surface area contributed by atoms with Crippen molar-refractivity contribution in [1.29, 1.82) is 0 Å². The molecule has 17 heavy (non-hydrogen) atoms. The van der Waals surface area contributed by atoms with E-state index in [1.165, 1.54) is 0 Å². The van der Waals surface area contributed by atoms with E-state index < -0.39 is 10.0 Å². The highest BCUT2D eigenvalue weighted by atomic mass is 32.2. The molecule has 0 aliphatic rings. The van der Waals surface area contributed by atoms with Gasteiger partial charge in [0.2, 0.25) is 10.0 Å². The zero-order valence-electron chi connectivity index (χ0n) is 8.91. The third kappa shape index (κ3) is 3.14. The van der Waals surface area contributed by atoms with Crippen LogP contribution in [0.15, 0.2) is 24.3 Å². The molecule has 0 aliphatic heterocycles. The van der Waals surface area contributed by atoms with E-state index >= 15 is 0 Å². The standard InChI is InChI=1S/C9H10N4O2S2/c1-17(14,15)13-7-4-2-6(3-5-7)8-11-9(10)16-12-8/h2-5,13H,1H3,(H2,10,11,12). The molecule has 6 nitrogen and oxygen atoms in total. The van der Waals surface area contributed by atoms with E-state index in [-0.39, 0.29) is 0 Å². The average molecular weight is 270 g/mol. The summed E-state index contributed by atoms with van der Waals surface area (Å²) in [7, 11) is -3.25. The molecule has 3 N–H and O–H groups in total. The maximum atomic E-state index is 11.0. The largest absolute Gasteiger partial charge is 0.374 e. The van der Waals surface area contributed by atoms with Gasteiger partial charge < -0.3 is 5.73 Å². The fourth-order valence-electron chi connectivity index (χ4n) is 1.25. The van der Waals surface area contributed by atoms with E-state index in [4.69, 9.17) is 5.73 Å². The molecule has 0 saturated carbocycles. The third-order valence-electron chi connectivity index (χ3n) is 1.89. The topological polar surface area (TPSA) is 98.0 Å². The summed E-state index contributed by atoms with van der Waals surface area (Å²) in [5, 5.41) is 0.401. The number of nitrogen functional groups attached to an aromatic ring is 1. The van der Waals surface area contributed by atoms with Crippen LogP contribution < -0.4 is 10.5 Å². The Morgan fingerprint density at radius 2 is 1.94 bits per heavy atom. The van der Waals surface area contributed by atoms with Crippen molar-refractivity contribution in [3.05, 3.63) is 24.3 Å². The zero-order valence-corrected chi connectivity index (χ0v) is 10.5. The van der Waals surface area contributed by atoms with Crippen molar-refractivity contribution in [2.45, 2.75) is 0 Å². The SMILES string of the molecule is CS(=O)(=O)Nc1ccc(-c2nsc(N)n2)cc1. The van der Waals surface area contributed by atoms with Gasteiger partial charge in [-0.2, -0.15) is 9.36 Å². The number of anilines is 2. The van der Waals surface area contributed by atoms with Crippen molar-refractivity contribution in [2.24, 2.45) is 0 Å². The van der Waals surface area contributed by atoms with Crippen LogP contribution in [0.25, 0.3) is 11.4 Å². The molecule has 0 saturated heterocycles. The van der Waals surface area contributed by atoms with Crippen LogP contribution in [0.1, 0.15) is 0 Å². The maximum absolute atomic E-state index is 11.0. The van der Waals surface area contributed by atoms with Gasteiger partial charge in [-0.05, 0) is 24.3 Å². The number of benzene rings is 1. The van der Waals surface area contributed by atoms with Gasteiger partial charge in [0.15, 0.2) is 11.0 Å². The van der Waals surface area contributed by atoms with Crippen molar-refractivity contribution in [2.75, 3.05) is 16.7 Å². The highest BCUT2D eigenvalue weighted by Crippen LogP contribution is 2.21. The van der Waals surface area contributed by atoms with Gasteiger partial charge in [-0.25, -0.2) is 8.42 Å².